The summed E-state index contributed by atoms with van der Waals surface area (Å²) < 4.78 is 0. The lowest BCUT2D eigenvalue weighted by Crippen LogP contribution is -2.57. The standard InChI is InChI=1S/C20H26N4O2.ClH/c1-13-15-4-2-3-5-16(15)22-19(13)20(26)23-10-8-17-14(12-23)6-7-18(25)24(17)11-9-21;/h2-5,14,17,22H,6-12,21H2,1H3;1H/t14-,17+;/m0./s1. The van der Waals surface area contributed by atoms with Crippen LogP contribution in [0.25, 0.3) is 10.9 Å². The second kappa shape index (κ2) is 7.90. The Labute approximate surface area is 165 Å². The molecule has 2 saturated heterocycles. The highest BCUT2D eigenvalue weighted by Crippen LogP contribution is 2.32. The predicted octanol–water partition coefficient (Wildman–Crippen LogP) is 2.31. The fraction of sp³-hybridized carbons (Fsp3) is 0.500. The number of fused-ring (bicyclic) bond motifs is 2. The Kier molecular flexibility index (Phi) is 5.77. The molecule has 0 spiro atoms. The van der Waals surface area contributed by atoms with Crippen molar-refractivity contribution in [3.8, 4) is 0 Å². The van der Waals surface area contributed by atoms with Crippen LogP contribution < -0.4 is 5.73 Å². The van der Waals surface area contributed by atoms with E-state index >= 15 is 0 Å². The molecular formula is C20H27ClN4O2. The van der Waals surface area contributed by atoms with Gasteiger partial charge in [0.25, 0.3) is 5.91 Å². The number of hydrogen-bond donors (Lipinski definition) is 2. The second-order valence-electron chi connectivity index (χ2n) is 7.45. The number of amides is 2. The summed E-state index contributed by atoms with van der Waals surface area (Å²) in [6.07, 6.45) is 2.26. The van der Waals surface area contributed by atoms with Crippen LogP contribution in [-0.4, -0.2) is 58.8 Å². The Bertz CT molecular complexity index is 850. The summed E-state index contributed by atoms with van der Waals surface area (Å²) in [5.74, 6) is 0.629. The van der Waals surface area contributed by atoms with E-state index in [0.717, 1.165) is 29.3 Å². The van der Waals surface area contributed by atoms with Crippen LogP contribution in [0.4, 0.5) is 0 Å². The molecule has 6 nitrogen and oxygen atoms in total. The number of rotatable bonds is 3. The number of aryl methyl sites for hydroxylation is 1. The second-order valence-corrected chi connectivity index (χ2v) is 7.45. The fourth-order valence-corrected chi connectivity index (χ4v) is 4.62. The molecule has 2 aliphatic heterocycles. The Morgan fingerprint density at radius 2 is 2.07 bits per heavy atom. The van der Waals surface area contributed by atoms with Crippen molar-refractivity contribution in [2.24, 2.45) is 11.7 Å². The molecule has 0 aliphatic carbocycles. The smallest absolute Gasteiger partial charge is 0.270 e. The molecule has 1 aromatic heterocycles. The topological polar surface area (TPSA) is 82.4 Å². The average Bonchev–Trinajstić information content (AvgIpc) is 3.00. The highest BCUT2D eigenvalue weighted by atomic mass is 35.5. The van der Waals surface area contributed by atoms with Crippen molar-refractivity contribution in [1.82, 2.24) is 14.8 Å². The molecule has 0 unspecified atom stereocenters. The zero-order valence-electron chi connectivity index (χ0n) is 15.6. The number of nitrogens with two attached hydrogens (primary N) is 1. The number of H-pyrrole nitrogens is 1. The third-order valence-corrected chi connectivity index (χ3v) is 5.98. The van der Waals surface area contributed by atoms with Crippen LogP contribution in [0.5, 0.6) is 0 Å². The number of para-hydroxylation sites is 1. The van der Waals surface area contributed by atoms with Gasteiger partial charge in [-0.1, -0.05) is 18.2 Å². The quantitative estimate of drug-likeness (QED) is 0.843. The van der Waals surface area contributed by atoms with Crippen molar-refractivity contribution in [1.29, 1.82) is 0 Å². The number of carbonyl (C=O) groups excluding carboxylic acids is 2. The van der Waals surface area contributed by atoms with Gasteiger partial charge in [-0.2, -0.15) is 0 Å². The minimum Gasteiger partial charge on any atom is -0.350 e. The van der Waals surface area contributed by atoms with Gasteiger partial charge >= 0.3 is 0 Å². The number of carbonyl (C=O) groups is 2. The molecule has 146 valence electrons. The molecule has 2 atom stereocenters. The van der Waals surface area contributed by atoms with Gasteiger partial charge in [0.15, 0.2) is 0 Å². The van der Waals surface area contributed by atoms with E-state index < -0.39 is 0 Å². The largest absolute Gasteiger partial charge is 0.350 e. The molecule has 7 heteroatoms. The summed E-state index contributed by atoms with van der Waals surface area (Å²) in [6, 6.07) is 8.24. The predicted molar refractivity (Wildman–Crippen MR) is 108 cm³/mol. The molecule has 0 bridgehead atoms. The average molecular weight is 391 g/mol. The van der Waals surface area contributed by atoms with Gasteiger partial charge in [-0.3, -0.25) is 9.59 Å². The third-order valence-electron chi connectivity index (χ3n) is 5.98. The SMILES string of the molecule is Cc1c(C(=O)N2CC[C@@H]3[C@@H](CCC(=O)N3CCN)C2)[nH]c2ccccc12.Cl. The van der Waals surface area contributed by atoms with Crippen LogP contribution in [0.1, 0.15) is 35.3 Å². The van der Waals surface area contributed by atoms with Crippen molar-refractivity contribution < 1.29 is 9.59 Å². The Morgan fingerprint density at radius 3 is 2.81 bits per heavy atom. The molecule has 27 heavy (non-hydrogen) atoms. The molecule has 0 radical (unpaired) electrons. The zero-order valence-corrected chi connectivity index (χ0v) is 16.4. The lowest BCUT2D eigenvalue weighted by Gasteiger charge is -2.47. The Balaban J connectivity index is 0.00000210. The molecule has 0 saturated carbocycles. The monoisotopic (exact) mass is 390 g/mol. The lowest BCUT2D eigenvalue weighted by atomic mass is 9.83. The molecule has 3 N–H and O–H groups in total. The highest BCUT2D eigenvalue weighted by Gasteiger charge is 2.40. The van der Waals surface area contributed by atoms with Crippen LogP contribution in [0.15, 0.2) is 24.3 Å². The molecular weight excluding hydrogens is 364 g/mol. The number of benzene rings is 1. The van der Waals surface area contributed by atoms with E-state index in [-0.39, 0.29) is 30.3 Å². The van der Waals surface area contributed by atoms with Crippen LogP contribution in [0.3, 0.4) is 0 Å². The van der Waals surface area contributed by atoms with Gasteiger partial charge in [-0.15, -0.1) is 12.4 Å². The number of aromatic nitrogens is 1. The lowest BCUT2D eigenvalue weighted by molar-refractivity contribution is -0.140. The van der Waals surface area contributed by atoms with E-state index in [1.54, 1.807) is 0 Å². The minimum absolute atomic E-state index is 0. The number of aromatic amines is 1. The van der Waals surface area contributed by atoms with Crippen LogP contribution in [0.2, 0.25) is 0 Å². The maximum Gasteiger partial charge on any atom is 0.270 e. The van der Waals surface area contributed by atoms with E-state index in [2.05, 4.69) is 4.98 Å². The normalized spacial score (nSPS) is 22.5. The number of hydrogen-bond acceptors (Lipinski definition) is 3. The number of piperidine rings is 2. The van der Waals surface area contributed by atoms with Crippen LogP contribution in [0, 0.1) is 12.8 Å². The summed E-state index contributed by atoms with van der Waals surface area (Å²) in [4.78, 5) is 32.5. The minimum atomic E-state index is 0. The molecule has 2 amide bonds. The third kappa shape index (κ3) is 3.44. The summed E-state index contributed by atoms with van der Waals surface area (Å²) in [5.41, 5.74) is 8.39. The first-order valence-electron chi connectivity index (χ1n) is 9.46. The summed E-state index contributed by atoms with van der Waals surface area (Å²) in [5, 5.41) is 1.10. The van der Waals surface area contributed by atoms with Gasteiger partial charge in [-0.25, -0.2) is 0 Å². The fourth-order valence-electron chi connectivity index (χ4n) is 4.62. The van der Waals surface area contributed by atoms with E-state index in [1.165, 1.54) is 0 Å². The van der Waals surface area contributed by atoms with Crippen LogP contribution >= 0.6 is 12.4 Å². The molecule has 4 rings (SSSR count). The van der Waals surface area contributed by atoms with Crippen molar-refractivity contribution in [2.45, 2.75) is 32.2 Å². The molecule has 2 aromatic rings. The van der Waals surface area contributed by atoms with Gasteiger partial charge < -0.3 is 20.5 Å². The van der Waals surface area contributed by atoms with Crippen molar-refractivity contribution in [2.75, 3.05) is 26.2 Å². The van der Waals surface area contributed by atoms with Crippen molar-refractivity contribution in [3.05, 3.63) is 35.5 Å². The van der Waals surface area contributed by atoms with E-state index in [4.69, 9.17) is 5.73 Å². The Hall–Kier alpha value is -2.05. The number of halogens is 1. The zero-order chi connectivity index (χ0) is 18.3. The number of likely N-dealkylation sites (tertiary alicyclic amines) is 2. The molecule has 2 fully saturated rings. The van der Waals surface area contributed by atoms with Crippen molar-refractivity contribution in [3.63, 3.8) is 0 Å². The van der Waals surface area contributed by atoms with E-state index in [1.807, 2.05) is 41.0 Å². The molecule has 3 heterocycles. The first-order chi connectivity index (χ1) is 12.6. The number of nitrogens with one attached hydrogen (secondary N) is 1. The Morgan fingerprint density at radius 1 is 1.30 bits per heavy atom. The summed E-state index contributed by atoms with van der Waals surface area (Å²) in [6.45, 7) is 4.51. The first kappa shape index (κ1) is 19.7. The summed E-state index contributed by atoms with van der Waals surface area (Å²) >= 11 is 0. The molecule has 1 aromatic carbocycles. The van der Waals surface area contributed by atoms with Crippen molar-refractivity contribution >= 4 is 35.1 Å². The molecule has 2 aliphatic rings. The van der Waals surface area contributed by atoms with E-state index in [9.17, 15) is 9.59 Å². The van der Waals surface area contributed by atoms with Gasteiger partial charge in [-0.05, 0) is 37.3 Å². The number of nitrogens with zero attached hydrogens (tertiary/aromatic N) is 2. The van der Waals surface area contributed by atoms with Crippen LogP contribution in [-0.2, 0) is 4.79 Å². The maximum absolute atomic E-state index is 13.1. The van der Waals surface area contributed by atoms with E-state index in [0.29, 0.717) is 44.2 Å². The highest BCUT2D eigenvalue weighted by molar-refractivity contribution is 6.01. The van der Waals surface area contributed by atoms with Gasteiger partial charge in [0.05, 0.1) is 0 Å². The maximum atomic E-state index is 13.1. The van der Waals surface area contributed by atoms with Gasteiger partial charge in [0, 0.05) is 49.5 Å². The van der Waals surface area contributed by atoms with Gasteiger partial charge in [0.1, 0.15) is 5.69 Å². The van der Waals surface area contributed by atoms with Gasteiger partial charge in [0.2, 0.25) is 5.91 Å². The first-order valence-corrected chi connectivity index (χ1v) is 9.46. The summed E-state index contributed by atoms with van der Waals surface area (Å²) in [7, 11) is 0.